The molecule has 0 amide bonds. The van der Waals surface area contributed by atoms with Gasteiger partial charge in [-0.15, -0.1) is 0 Å². The fourth-order valence-electron chi connectivity index (χ4n) is 8.14. The van der Waals surface area contributed by atoms with Crippen molar-refractivity contribution >= 4 is 5.97 Å². The molecule has 1 saturated heterocycles. The molecule has 6 atom stereocenters. The van der Waals surface area contributed by atoms with Gasteiger partial charge in [0.15, 0.2) is 0 Å². The quantitative estimate of drug-likeness (QED) is 0.125. The number of aliphatic hydroxyl groups is 2. The second-order valence-electron chi connectivity index (χ2n) is 16.2. The number of esters is 1. The summed E-state index contributed by atoms with van der Waals surface area (Å²) in [5.74, 6) is -0.344. The van der Waals surface area contributed by atoms with Crippen LogP contribution in [0.25, 0.3) is 0 Å². The number of carbonyl (C=O) groups is 1. The lowest BCUT2D eigenvalue weighted by Crippen LogP contribution is -2.51. The first-order valence-corrected chi connectivity index (χ1v) is 17.4. The van der Waals surface area contributed by atoms with Crippen molar-refractivity contribution in [3.8, 4) is 0 Å². The Labute approximate surface area is 285 Å². The molecule has 2 saturated carbocycles. The molecular weight excluding hydrogens is 584 g/mol. The van der Waals surface area contributed by atoms with Crippen LogP contribution in [-0.4, -0.2) is 45.2 Å². The maximum Gasteiger partial charge on any atom is 0.302 e. The minimum absolute atomic E-state index is 0.0474. The smallest absolute Gasteiger partial charge is 0.302 e. The number of rotatable bonds is 12. The van der Waals surface area contributed by atoms with Gasteiger partial charge in [-0.25, -0.2) is 0 Å². The second-order valence-corrected chi connectivity index (χ2v) is 16.2. The highest BCUT2D eigenvalue weighted by atomic mass is 16.6. The number of ether oxygens (including phenoxy) is 2. The van der Waals surface area contributed by atoms with Crippen LogP contribution in [-0.2, 0) is 14.3 Å². The molecule has 0 aromatic carbocycles. The van der Waals surface area contributed by atoms with Crippen molar-refractivity contribution < 1.29 is 24.5 Å². The third-order valence-electron chi connectivity index (χ3n) is 10.5. The van der Waals surface area contributed by atoms with E-state index in [0.29, 0.717) is 12.8 Å². The normalized spacial score (nSPS) is 34.9. The molecule has 3 rings (SSSR count). The van der Waals surface area contributed by atoms with Crippen LogP contribution in [0.15, 0.2) is 95.2 Å². The average molecular weight is 647 g/mol. The topological polar surface area (TPSA) is 79.3 Å². The first-order valence-electron chi connectivity index (χ1n) is 17.4. The van der Waals surface area contributed by atoms with Crippen LogP contribution < -0.4 is 0 Å². The summed E-state index contributed by atoms with van der Waals surface area (Å²) in [6.45, 7) is 22.5. The molecule has 0 spiro atoms. The first kappa shape index (κ1) is 38.7. The van der Waals surface area contributed by atoms with E-state index in [9.17, 15) is 15.0 Å². The molecule has 2 N–H and O–H groups in total. The largest absolute Gasteiger partial charge is 0.462 e. The van der Waals surface area contributed by atoms with Crippen LogP contribution in [0.2, 0.25) is 0 Å². The van der Waals surface area contributed by atoms with Gasteiger partial charge >= 0.3 is 5.97 Å². The fourth-order valence-corrected chi connectivity index (χ4v) is 8.14. The average Bonchev–Trinajstić information content (AvgIpc) is 3.53. The van der Waals surface area contributed by atoms with Crippen molar-refractivity contribution in [1.82, 2.24) is 0 Å². The van der Waals surface area contributed by atoms with E-state index in [1.165, 1.54) is 18.1 Å². The summed E-state index contributed by atoms with van der Waals surface area (Å²) in [7, 11) is 0. The number of aliphatic hydroxyl groups excluding tert-OH is 1. The Morgan fingerprint density at radius 1 is 0.809 bits per heavy atom. The predicted molar refractivity (Wildman–Crippen MR) is 195 cm³/mol. The molecule has 0 aromatic heterocycles. The summed E-state index contributed by atoms with van der Waals surface area (Å²) in [5.41, 5.74) is 3.06. The number of epoxide rings is 1. The molecule has 0 bridgehead atoms. The van der Waals surface area contributed by atoms with E-state index in [-0.39, 0.29) is 46.1 Å². The van der Waals surface area contributed by atoms with Crippen molar-refractivity contribution in [3.63, 3.8) is 0 Å². The lowest BCUT2D eigenvalue weighted by molar-refractivity contribution is -0.163. The van der Waals surface area contributed by atoms with Crippen LogP contribution in [0.4, 0.5) is 0 Å². The number of fused-ring (bicyclic) bond motifs is 1. The molecule has 2 aliphatic carbocycles. The zero-order valence-corrected chi connectivity index (χ0v) is 31.0. The van der Waals surface area contributed by atoms with Gasteiger partial charge < -0.3 is 19.7 Å². The maximum atomic E-state index is 11.5. The van der Waals surface area contributed by atoms with Crippen molar-refractivity contribution in [2.45, 2.75) is 144 Å². The molecule has 0 radical (unpaired) electrons. The van der Waals surface area contributed by atoms with Crippen LogP contribution in [0.5, 0.6) is 0 Å². The number of carbonyl (C=O) groups excluding carboxylic acids is 1. The third-order valence-corrected chi connectivity index (χ3v) is 10.5. The SMILES string of the molecule is CC(=O)O[C@H]1CC(C)(C)C(C=C/C(C)=C/C=C/C(C)=C/C=C/C=C(\C)CC/C=C(C)/C=C/[C@@]23O[C@]2(C)C[C@@H](O)CC3(C)C)[C@](C)(O)C1. The Bertz CT molecular complexity index is 1360. The van der Waals surface area contributed by atoms with Crippen LogP contribution in [0, 0.1) is 16.7 Å². The predicted octanol–water partition coefficient (Wildman–Crippen LogP) is 9.60. The lowest BCUT2D eigenvalue weighted by atomic mass is 9.61. The highest BCUT2D eigenvalue weighted by Crippen LogP contribution is 2.66. The summed E-state index contributed by atoms with van der Waals surface area (Å²) in [6, 6.07) is 0. The van der Waals surface area contributed by atoms with E-state index in [0.717, 1.165) is 36.8 Å². The minimum atomic E-state index is -0.951. The van der Waals surface area contributed by atoms with Gasteiger partial charge in [-0.3, -0.25) is 4.79 Å². The monoisotopic (exact) mass is 646 g/mol. The lowest BCUT2D eigenvalue weighted by Gasteiger charge is -2.49. The van der Waals surface area contributed by atoms with Crippen molar-refractivity contribution in [3.05, 3.63) is 95.2 Å². The van der Waals surface area contributed by atoms with Crippen LogP contribution >= 0.6 is 0 Å². The van der Waals surface area contributed by atoms with Gasteiger partial charge in [0, 0.05) is 31.1 Å². The Hall–Kier alpha value is -2.73. The van der Waals surface area contributed by atoms with Gasteiger partial charge in [0.2, 0.25) is 0 Å². The fraction of sp³-hybridized carbons (Fsp3) is 0.595. The van der Waals surface area contributed by atoms with E-state index in [2.05, 4.69) is 135 Å². The Balaban J connectivity index is 1.46. The van der Waals surface area contributed by atoms with E-state index in [4.69, 9.17) is 9.47 Å². The van der Waals surface area contributed by atoms with Gasteiger partial charge in [0.25, 0.3) is 0 Å². The summed E-state index contributed by atoms with van der Waals surface area (Å²) >= 11 is 0. The molecule has 5 heteroatoms. The molecule has 5 nitrogen and oxygen atoms in total. The second kappa shape index (κ2) is 15.2. The van der Waals surface area contributed by atoms with E-state index in [1.54, 1.807) is 0 Å². The van der Waals surface area contributed by atoms with Crippen molar-refractivity contribution in [2.24, 2.45) is 16.7 Å². The molecule has 47 heavy (non-hydrogen) atoms. The van der Waals surface area contributed by atoms with Gasteiger partial charge in [-0.05, 0) is 78.7 Å². The molecule has 3 fully saturated rings. The minimum Gasteiger partial charge on any atom is -0.462 e. The molecule has 1 heterocycles. The molecule has 1 aliphatic heterocycles. The number of allylic oxidation sites excluding steroid dienone is 14. The van der Waals surface area contributed by atoms with Gasteiger partial charge in [-0.1, -0.05) is 117 Å². The molecule has 260 valence electrons. The van der Waals surface area contributed by atoms with E-state index >= 15 is 0 Å². The molecule has 1 unspecified atom stereocenters. The van der Waals surface area contributed by atoms with Gasteiger partial charge in [-0.2, -0.15) is 0 Å². The van der Waals surface area contributed by atoms with Crippen molar-refractivity contribution in [1.29, 1.82) is 0 Å². The summed E-state index contributed by atoms with van der Waals surface area (Å²) in [5, 5.41) is 21.5. The third kappa shape index (κ3) is 10.1. The van der Waals surface area contributed by atoms with Gasteiger partial charge in [0.1, 0.15) is 17.3 Å². The molecule has 3 aliphatic rings. The number of hydrogen-bond acceptors (Lipinski definition) is 5. The zero-order chi connectivity index (χ0) is 35.3. The zero-order valence-electron chi connectivity index (χ0n) is 31.0. The summed E-state index contributed by atoms with van der Waals surface area (Å²) < 4.78 is 11.7. The Kier molecular flexibility index (Phi) is 12.5. The maximum absolute atomic E-state index is 11.5. The first-order chi connectivity index (χ1) is 21.7. The molecule has 0 aromatic rings. The standard InChI is InChI=1S/C42H62O5/c1-30(18-14-20-32(3)22-23-37-38(6,7)28-36(46-34(5)43)29-40(37,10)45)16-12-13-17-31(2)19-15-21-33(4)24-25-42-39(8,9)26-35(44)27-41(42,11)47-42/h12-14,16-18,20-25,35-37,44-45H,15,19,26-29H2,1-11H3/b13-12+,18-14+,23-22?,25-24+,30-16+,31-17+,32-20+,33-21+/t35-,36-,37?,40+,41+,42-/m0/s1. The Morgan fingerprint density at radius 2 is 1.45 bits per heavy atom. The Morgan fingerprint density at radius 3 is 2.09 bits per heavy atom. The van der Waals surface area contributed by atoms with Crippen molar-refractivity contribution in [2.75, 3.05) is 0 Å². The molecular formula is C42H62O5. The van der Waals surface area contributed by atoms with Gasteiger partial charge in [0.05, 0.1) is 11.7 Å². The highest BCUT2D eigenvalue weighted by Gasteiger charge is 2.74. The summed E-state index contributed by atoms with van der Waals surface area (Å²) in [6.07, 6.45) is 29.7. The van der Waals surface area contributed by atoms with Crippen LogP contribution in [0.3, 0.4) is 0 Å². The number of hydrogen-bond donors (Lipinski definition) is 2. The van der Waals surface area contributed by atoms with Crippen LogP contribution in [0.1, 0.15) is 115 Å². The highest BCUT2D eigenvalue weighted by molar-refractivity contribution is 5.66. The summed E-state index contributed by atoms with van der Waals surface area (Å²) in [4.78, 5) is 11.5. The van der Waals surface area contributed by atoms with E-state index in [1.807, 2.05) is 6.92 Å². The van der Waals surface area contributed by atoms with E-state index < -0.39 is 5.60 Å².